The highest BCUT2D eigenvalue weighted by atomic mass is 32.2. The van der Waals surface area contributed by atoms with Crippen molar-refractivity contribution < 1.29 is 22.7 Å². The smallest absolute Gasteiger partial charge is 0.416 e. The normalized spacial score (nSPS) is 16.0. The van der Waals surface area contributed by atoms with Crippen LogP contribution < -0.4 is 4.90 Å². The lowest BCUT2D eigenvalue weighted by Gasteiger charge is -2.37. The summed E-state index contributed by atoms with van der Waals surface area (Å²) < 4.78 is 45.6. The monoisotopic (exact) mass is 523 g/mol. The van der Waals surface area contributed by atoms with Gasteiger partial charge < -0.3 is 14.5 Å². The lowest BCUT2D eigenvalue weighted by atomic mass is 10.1. The Morgan fingerprint density at radius 1 is 0.917 bits per heavy atom. The molecule has 0 radical (unpaired) electrons. The molecule has 2 aliphatic rings. The molecule has 4 rings (SSSR count). The Hall–Kier alpha value is -2.39. The van der Waals surface area contributed by atoms with Crippen LogP contribution in [0, 0.1) is 0 Å². The van der Waals surface area contributed by atoms with E-state index in [2.05, 4.69) is 4.90 Å². The Morgan fingerprint density at radius 3 is 2.19 bits per heavy atom. The van der Waals surface area contributed by atoms with Gasteiger partial charge in [-0.15, -0.1) is 0 Å². The molecule has 0 aliphatic carbocycles. The molecule has 0 unspecified atom stereocenters. The second-order valence-electron chi connectivity index (χ2n) is 9.56. The molecule has 0 aromatic heterocycles. The van der Waals surface area contributed by atoms with Gasteiger partial charge in [-0.05, 0) is 64.1 Å². The maximum atomic E-state index is 13.4. The summed E-state index contributed by atoms with van der Waals surface area (Å²) in [5.41, 5.74) is 0.399. The number of alkyl halides is 3. The van der Waals surface area contributed by atoms with Crippen molar-refractivity contribution in [2.75, 3.05) is 44.2 Å². The molecule has 2 aliphatic heterocycles. The van der Waals surface area contributed by atoms with Crippen LogP contribution in [0.3, 0.4) is 0 Å². The van der Waals surface area contributed by atoms with E-state index < -0.39 is 17.3 Å². The third kappa shape index (κ3) is 7.09. The number of anilines is 2. The molecular formula is C27H36F3N3O2S. The fraction of sp³-hybridized carbons (Fsp3) is 0.519. The Balaban J connectivity index is 0.00000176. The molecule has 0 N–H and O–H groups in total. The van der Waals surface area contributed by atoms with Gasteiger partial charge in [0.2, 0.25) is 0 Å². The summed E-state index contributed by atoms with van der Waals surface area (Å²) >= 11 is 1.51. The highest BCUT2D eigenvalue weighted by Gasteiger charge is 2.33. The molecule has 1 saturated heterocycles. The van der Waals surface area contributed by atoms with Crippen LogP contribution in [0.2, 0.25) is 0 Å². The Labute approximate surface area is 216 Å². The van der Waals surface area contributed by atoms with Gasteiger partial charge in [0.05, 0.1) is 16.9 Å². The van der Waals surface area contributed by atoms with Crippen molar-refractivity contribution >= 4 is 29.2 Å². The van der Waals surface area contributed by atoms with Crippen molar-refractivity contribution in [2.45, 2.75) is 62.6 Å². The fourth-order valence-corrected chi connectivity index (χ4v) is 5.26. The van der Waals surface area contributed by atoms with E-state index in [1.807, 2.05) is 63.8 Å². The van der Waals surface area contributed by atoms with Gasteiger partial charge in [-0.1, -0.05) is 37.7 Å². The number of ether oxygens (including phenoxy) is 1. The first-order valence-corrected chi connectivity index (χ1v) is 13.3. The van der Waals surface area contributed by atoms with Gasteiger partial charge in [0, 0.05) is 42.5 Å². The molecule has 0 atom stereocenters. The standard InChI is InChI=1S/C25H30F3N3O2S.C2H6/c1-24(2,3)33-23(32)30-15-13-29(14-16-30)11-6-12-31-19-7-4-5-8-21(19)34-22-10-9-18(17-20(22)31)25(26,27)28;1-2/h4-5,7-10,17H,6,11-16H2,1-3H3;1-2H3. The lowest BCUT2D eigenvalue weighted by molar-refractivity contribution is -0.137. The molecule has 9 heteroatoms. The number of benzene rings is 2. The minimum Gasteiger partial charge on any atom is -0.444 e. The highest BCUT2D eigenvalue weighted by molar-refractivity contribution is 7.99. The molecule has 2 aromatic carbocycles. The molecule has 198 valence electrons. The van der Waals surface area contributed by atoms with Crippen molar-refractivity contribution in [3.63, 3.8) is 0 Å². The van der Waals surface area contributed by atoms with E-state index in [1.54, 1.807) is 11.0 Å². The summed E-state index contributed by atoms with van der Waals surface area (Å²) in [5.74, 6) is 0. The summed E-state index contributed by atoms with van der Waals surface area (Å²) in [6.07, 6.45) is -3.87. The number of halogens is 3. The largest absolute Gasteiger partial charge is 0.444 e. The topological polar surface area (TPSA) is 36.0 Å². The van der Waals surface area contributed by atoms with Gasteiger partial charge in [-0.3, -0.25) is 4.90 Å². The first kappa shape index (κ1) is 28.2. The highest BCUT2D eigenvalue weighted by Crippen LogP contribution is 2.49. The van der Waals surface area contributed by atoms with E-state index in [0.29, 0.717) is 25.3 Å². The SMILES string of the molecule is CC.CC(C)(C)OC(=O)N1CCN(CCCN2c3ccccc3Sc3ccc(C(F)(F)F)cc32)CC1. The van der Waals surface area contributed by atoms with Crippen molar-refractivity contribution in [1.29, 1.82) is 0 Å². The van der Waals surface area contributed by atoms with Crippen LogP contribution in [0.5, 0.6) is 0 Å². The van der Waals surface area contributed by atoms with Crippen LogP contribution in [0.1, 0.15) is 46.6 Å². The Morgan fingerprint density at radius 2 is 1.56 bits per heavy atom. The number of piperazine rings is 1. The summed E-state index contributed by atoms with van der Waals surface area (Å²) in [5, 5.41) is 0. The number of fused-ring (bicyclic) bond motifs is 2. The number of carbonyl (C=O) groups excluding carboxylic acids is 1. The van der Waals surface area contributed by atoms with Crippen molar-refractivity contribution in [3.8, 4) is 0 Å². The Bertz CT molecular complexity index is 1030. The maximum absolute atomic E-state index is 13.4. The van der Waals surface area contributed by atoms with Crippen LogP contribution in [0.25, 0.3) is 0 Å². The average Bonchev–Trinajstić information content (AvgIpc) is 2.83. The van der Waals surface area contributed by atoms with Crippen molar-refractivity contribution in [3.05, 3.63) is 48.0 Å². The third-order valence-electron chi connectivity index (χ3n) is 5.83. The van der Waals surface area contributed by atoms with Gasteiger partial charge in [0.1, 0.15) is 5.60 Å². The molecular weight excluding hydrogens is 487 g/mol. The predicted octanol–water partition coefficient (Wildman–Crippen LogP) is 7.28. The third-order valence-corrected chi connectivity index (χ3v) is 6.96. The molecule has 36 heavy (non-hydrogen) atoms. The van der Waals surface area contributed by atoms with E-state index in [0.717, 1.165) is 47.6 Å². The molecule has 1 amide bonds. The van der Waals surface area contributed by atoms with Crippen LogP contribution in [0.4, 0.5) is 29.3 Å². The van der Waals surface area contributed by atoms with Gasteiger partial charge in [-0.2, -0.15) is 13.2 Å². The first-order chi connectivity index (χ1) is 17.0. The van der Waals surface area contributed by atoms with Crippen LogP contribution in [0.15, 0.2) is 52.3 Å². The van der Waals surface area contributed by atoms with Crippen LogP contribution in [-0.2, 0) is 10.9 Å². The van der Waals surface area contributed by atoms with E-state index in [9.17, 15) is 18.0 Å². The molecule has 0 bridgehead atoms. The van der Waals surface area contributed by atoms with Gasteiger partial charge >= 0.3 is 12.3 Å². The molecule has 2 heterocycles. The number of hydrogen-bond donors (Lipinski definition) is 0. The summed E-state index contributed by atoms with van der Waals surface area (Å²) in [6, 6.07) is 11.8. The van der Waals surface area contributed by atoms with Crippen LogP contribution >= 0.6 is 11.8 Å². The van der Waals surface area contributed by atoms with Crippen LogP contribution in [-0.4, -0.2) is 60.8 Å². The van der Waals surface area contributed by atoms with E-state index >= 15 is 0 Å². The molecule has 1 fully saturated rings. The summed E-state index contributed by atoms with van der Waals surface area (Å²) in [4.78, 5) is 20.2. The Kier molecular flexibility index (Phi) is 9.22. The summed E-state index contributed by atoms with van der Waals surface area (Å²) in [6.45, 7) is 13.7. The molecule has 5 nitrogen and oxygen atoms in total. The number of hydrogen-bond acceptors (Lipinski definition) is 5. The lowest BCUT2D eigenvalue weighted by Crippen LogP contribution is -2.50. The number of rotatable bonds is 4. The molecule has 0 spiro atoms. The first-order valence-electron chi connectivity index (χ1n) is 12.5. The summed E-state index contributed by atoms with van der Waals surface area (Å²) in [7, 11) is 0. The second-order valence-corrected chi connectivity index (χ2v) is 10.6. The zero-order chi connectivity index (χ0) is 26.5. The minimum atomic E-state index is -4.38. The number of para-hydroxylation sites is 1. The predicted molar refractivity (Wildman–Crippen MR) is 139 cm³/mol. The van der Waals surface area contributed by atoms with Gasteiger partial charge in [0.15, 0.2) is 0 Å². The van der Waals surface area contributed by atoms with Crippen molar-refractivity contribution in [2.24, 2.45) is 0 Å². The molecule has 2 aromatic rings. The average molecular weight is 524 g/mol. The van der Waals surface area contributed by atoms with E-state index in [1.165, 1.54) is 17.8 Å². The number of carbonyl (C=O) groups is 1. The maximum Gasteiger partial charge on any atom is 0.416 e. The minimum absolute atomic E-state index is 0.286. The van der Waals surface area contributed by atoms with Gasteiger partial charge in [0.25, 0.3) is 0 Å². The van der Waals surface area contributed by atoms with E-state index in [-0.39, 0.29) is 6.09 Å². The zero-order valence-corrected chi connectivity index (χ0v) is 22.5. The van der Waals surface area contributed by atoms with Crippen molar-refractivity contribution in [1.82, 2.24) is 9.80 Å². The molecule has 0 saturated carbocycles. The zero-order valence-electron chi connectivity index (χ0n) is 21.7. The number of amides is 1. The second kappa shape index (κ2) is 11.8. The fourth-order valence-electron chi connectivity index (χ4n) is 4.18. The quantitative estimate of drug-likeness (QED) is 0.421. The number of nitrogens with zero attached hydrogens (tertiary/aromatic N) is 3. The van der Waals surface area contributed by atoms with Gasteiger partial charge in [-0.25, -0.2) is 4.79 Å². The van der Waals surface area contributed by atoms with E-state index in [4.69, 9.17) is 4.74 Å².